The van der Waals surface area contributed by atoms with Gasteiger partial charge >= 0.3 is 0 Å². The number of rotatable bonds is 2. The van der Waals surface area contributed by atoms with Gasteiger partial charge in [0.25, 0.3) is 9.05 Å². The Balaban J connectivity index is 2.75. The standard InChI is InChI=1S/C10H11ClN2O2S/c1-6(2)7-3-4-9-8(5-7)10(13-12-9)16(11,14)15/h3-6H,1-2H3,(H,12,13). The molecule has 0 fully saturated rings. The Morgan fingerprint density at radius 3 is 2.62 bits per heavy atom. The van der Waals surface area contributed by atoms with Gasteiger partial charge in [0.15, 0.2) is 5.03 Å². The lowest BCUT2D eigenvalue weighted by atomic mass is 10.0. The van der Waals surface area contributed by atoms with Crippen molar-refractivity contribution in [3.8, 4) is 0 Å². The van der Waals surface area contributed by atoms with Crippen LogP contribution in [0, 0.1) is 0 Å². The number of hydrogen-bond donors (Lipinski definition) is 1. The highest BCUT2D eigenvalue weighted by Gasteiger charge is 2.17. The van der Waals surface area contributed by atoms with Crippen LogP contribution in [0.2, 0.25) is 0 Å². The molecule has 1 aromatic carbocycles. The highest BCUT2D eigenvalue weighted by molar-refractivity contribution is 8.13. The molecule has 0 radical (unpaired) electrons. The molecule has 1 heterocycles. The molecule has 0 bridgehead atoms. The molecule has 6 heteroatoms. The van der Waals surface area contributed by atoms with Crippen LogP contribution in [-0.2, 0) is 9.05 Å². The first-order valence-corrected chi connectivity index (χ1v) is 7.13. The predicted molar refractivity (Wildman–Crippen MR) is 63.2 cm³/mol. The minimum Gasteiger partial charge on any atom is -0.265 e. The molecule has 16 heavy (non-hydrogen) atoms. The largest absolute Gasteiger partial charge is 0.278 e. The molecule has 0 aliphatic carbocycles. The molecule has 0 amide bonds. The van der Waals surface area contributed by atoms with E-state index in [9.17, 15) is 8.42 Å². The van der Waals surface area contributed by atoms with Crippen LogP contribution in [0.3, 0.4) is 0 Å². The molecule has 4 nitrogen and oxygen atoms in total. The number of aromatic amines is 1. The number of fused-ring (bicyclic) bond motifs is 1. The maximum absolute atomic E-state index is 11.3. The van der Waals surface area contributed by atoms with Crippen LogP contribution in [0.5, 0.6) is 0 Å². The number of halogens is 1. The van der Waals surface area contributed by atoms with Gasteiger partial charge in [0.05, 0.1) is 5.52 Å². The van der Waals surface area contributed by atoms with Crippen LogP contribution in [-0.4, -0.2) is 18.6 Å². The summed E-state index contributed by atoms with van der Waals surface area (Å²) in [5, 5.41) is 6.85. The van der Waals surface area contributed by atoms with Crippen molar-refractivity contribution in [1.29, 1.82) is 0 Å². The fourth-order valence-electron chi connectivity index (χ4n) is 1.55. The summed E-state index contributed by atoms with van der Waals surface area (Å²) >= 11 is 0. The fraction of sp³-hybridized carbons (Fsp3) is 0.300. The maximum Gasteiger partial charge on any atom is 0.278 e. The molecular weight excluding hydrogens is 248 g/mol. The number of hydrogen-bond acceptors (Lipinski definition) is 3. The van der Waals surface area contributed by atoms with Gasteiger partial charge in [-0.1, -0.05) is 19.9 Å². The molecule has 0 aliphatic rings. The Labute approximate surface area is 98.0 Å². The van der Waals surface area contributed by atoms with E-state index in [2.05, 4.69) is 10.2 Å². The number of aromatic nitrogens is 2. The van der Waals surface area contributed by atoms with Gasteiger partial charge in [-0.2, -0.15) is 5.10 Å². The molecule has 0 saturated heterocycles. The maximum atomic E-state index is 11.3. The molecule has 0 atom stereocenters. The van der Waals surface area contributed by atoms with Gasteiger partial charge in [0, 0.05) is 16.1 Å². The zero-order chi connectivity index (χ0) is 11.9. The fourth-order valence-corrected chi connectivity index (χ4v) is 2.48. The predicted octanol–water partition coefficient (Wildman–Crippen LogP) is 2.61. The smallest absolute Gasteiger partial charge is 0.265 e. The Bertz CT molecular complexity index is 631. The molecular formula is C10H11ClN2O2S. The van der Waals surface area contributed by atoms with Crippen molar-refractivity contribution in [1.82, 2.24) is 10.2 Å². The average Bonchev–Trinajstić information content (AvgIpc) is 2.58. The Morgan fingerprint density at radius 1 is 1.38 bits per heavy atom. The first-order chi connectivity index (χ1) is 7.39. The molecule has 2 rings (SSSR count). The van der Waals surface area contributed by atoms with E-state index in [0.29, 0.717) is 16.8 Å². The zero-order valence-electron chi connectivity index (χ0n) is 8.86. The van der Waals surface area contributed by atoms with Crippen LogP contribution in [0.1, 0.15) is 25.3 Å². The Kier molecular flexibility index (Phi) is 2.67. The molecule has 1 aromatic heterocycles. The number of nitrogens with zero attached hydrogens (tertiary/aromatic N) is 1. The van der Waals surface area contributed by atoms with Crippen molar-refractivity contribution in [2.24, 2.45) is 0 Å². The molecule has 86 valence electrons. The summed E-state index contributed by atoms with van der Waals surface area (Å²) in [5.41, 5.74) is 1.65. The van der Waals surface area contributed by atoms with Gasteiger partial charge in [0.2, 0.25) is 0 Å². The molecule has 0 spiro atoms. The quantitative estimate of drug-likeness (QED) is 0.843. The average molecular weight is 259 g/mol. The third-order valence-corrected chi connectivity index (χ3v) is 3.72. The first-order valence-electron chi connectivity index (χ1n) is 4.82. The lowest BCUT2D eigenvalue weighted by Gasteiger charge is -2.04. The summed E-state index contributed by atoms with van der Waals surface area (Å²) in [6.07, 6.45) is 0. The molecule has 2 aromatic rings. The Hall–Kier alpha value is -1.07. The van der Waals surface area contributed by atoms with Gasteiger partial charge in [-0.3, -0.25) is 5.10 Å². The van der Waals surface area contributed by atoms with Gasteiger partial charge in [-0.25, -0.2) is 8.42 Å². The highest BCUT2D eigenvalue weighted by Crippen LogP contribution is 2.26. The van der Waals surface area contributed by atoms with Crippen LogP contribution in [0.15, 0.2) is 23.2 Å². The molecule has 0 aliphatic heterocycles. The molecule has 0 saturated carbocycles. The second kappa shape index (κ2) is 3.75. The minimum atomic E-state index is -3.77. The van der Waals surface area contributed by atoms with Crippen LogP contribution < -0.4 is 0 Å². The second-order valence-electron chi connectivity index (χ2n) is 3.92. The van der Waals surface area contributed by atoms with Gasteiger partial charge < -0.3 is 0 Å². The van der Waals surface area contributed by atoms with E-state index >= 15 is 0 Å². The van der Waals surface area contributed by atoms with Crippen molar-refractivity contribution in [3.63, 3.8) is 0 Å². The topological polar surface area (TPSA) is 62.8 Å². The van der Waals surface area contributed by atoms with Gasteiger partial charge in [-0.15, -0.1) is 0 Å². The summed E-state index contributed by atoms with van der Waals surface area (Å²) in [6, 6.07) is 5.52. The minimum absolute atomic E-state index is 0.0355. The van der Waals surface area contributed by atoms with Crippen LogP contribution >= 0.6 is 10.7 Å². The van der Waals surface area contributed by atoms with E-state index in [1.54, 1.807) is 12.1 Å². The second-order valence-corrected chi connectivity index (χ2v) is 6.42. The van der Waals surface area contributed by atoms with E-state index in [1.807, 2.05) is 19.9 Å². The number of H-pyrrole nitrogens is 1. The normalized spacial score (nSPS) is 12.5. The van der Waals surface area contributed by atoms with E-state index < -0.39 is 9.05 Å². The van der Waals surface area contributed by atoms with Crippen LogP contribution in [0.4, 0.5) is 0 Å². The zero-order valence-corrected chi connectivity index (χ0v) is 10.4. The van der Waals surface area contributed by atoms with Crippen LogP contribution in [0.25, 0.3) is 10.9 Å². The van der Waals surface area contributed by atoms with Crippen molar-refractivity contribution in [2.75, 3.05) is 0 Å². The summed E-state index contributed by atoms with van der Waals surface area (Å²) in [5.74, 6) is 0.324. The van der Waals surface area contributed by atoms with E-state index in [-0.39, 0.29) is 5.03 Å². The lowest BCUT2D eigenvalue weighted by Crippen LogP contribution is -1.92. The third kappa shape index (κ3) is 1.92. The Morgan fingerprint density at radius 2 is 2.06 bits per heavy atom. The van der Waals surface area contributed by atoms with Gasteiger partial charge in [-0.05, 0) is 23.6 Å². The van der Waals surface area contributed by atoms with Gasteiger partial charge in [0.1, 0.15) is 0 Å². The van der Waals surface area contributed by atoms with E-state index in [4.69, 9.17) is 10.7 Å². The SMILES string of the molecule is CC(C)c1ccc2n[nH]c(S(=O)(=O)Cl)c2c1. The number of nitrogens with one attached hydrogen (secondary N) is 1. The molecule has 0 unspecified atom stereocenters. The van der Waals surface area contributed by atoms with Crippen molar-refractivity contribution in [3.05, 3.63) is 23.8 Å². The summed E-state index contributed by atoms with van der Waals surface area (Å²) < 4.78 is 22.6. The van der Waals surface area contributed by atoms with E-state index in [1.165, 1.54) is 0 Å². The lowest BCUT2D eigenvalue weighted by molar-refractivity contribution is 0.606. The summed E-state index contributed by atoms with van der Waals surface area (Å²) in [7, 11) is 1.54. The van der Waals surface area contributed by atoms with Crippen molar-refractivity contribution in [2.45, 2.75) is 24.8 Å². The molecule has 1 N–H and O–H groups in total. The van der Waals surface area contributed by atoms with Crippen molar-refractivity contribution >= 4 is 30.6 Å². The number of benzene rings is 1. The summed E-state index contributed by atoms with van der Waals surface area (Å²) in [4.78, 5) is 0. The van der Waals surface area contributed by atoms with Crippen molar-refractivity contribution < 1.29 is 8.42 Å². The van der Waals surface area contributed by atoms with E-state index in [0.717, 1.165) is 5.56 Å². The monoisotopic (exact) mass is 258 g/mol. The summed E-state index contributed by atoms with van der Waals surface area (Å²) in [6.45, 7) is 4.08. The third-order valence-electron chi connectivity index (χ3n) is 2.45. The highest BCUT2D eigenvalue weighted by atomic mass is 35.7. The first kappa shape index (κ1) is 11.4.